The number of sulfone groups is 1. The minimum absolute atomic E-state index is 0.106. The van der Waals surface area contributed by atoms with E-state index in [1.54, 1.807) is 6.92 Å². The summed E-state index contributed by atoms with van der Waals surface area (Å²) >= 11 is 0. The molecule has 0 rings (SSSR count). The van der Waals surface area contributed by atoms with Crippen LogP contribution in [0, 0.1) is 23.2 Å². The van der Waals surface area contributed by atoms with Gasteiger partial charge in [-0.15, -0.1) is 0 Å². The van der Waals surface area contributed by atoms with E-state index in [-0.39, 0.29) is 11.8 Å². The van der Waals surface area contributed by atoms with Gasteiger partial charge in [-0.25, -0.2) is 8.42 Å². The van der Waals surface area contributed by atoms with E-state index in [0.717, 1.165) is 6.26 Å². The highest BCUT2D eigenvalue weighted by atomic mass is 32.2. The molecule has 0 spiro atoms. The Kier molecular flexibility index (Phi) is 3.72. The smallest absolute Gasteiger partial charge is 0.163 e. The molecular formula is C8H15NO2S. The van der Waals surface area contributed by atoms with Gasteiger partial charge in [0.2, 0.25) is 0 Å². The molecule has 0 aromatic rings. The van der Waals surface area contributed by atoms with Crippen LogP contribution in [0.15, 0.2) is 0 Å². The Hall–Kier alpha value is -0.560. The second-order valence-corrected chi connectivity index (χ2v) is 5.65. The van der Waals surface area contributed by atoms with Crippen molar-refractivity contribution in [3.63, 3.8) is 0 Å². The van der Waals surface area contributed by atoms with Gasteiger partial charge in [-0.05, 0) is 11.8 Å². The maximum Gasteiger partial charge on any atom is 0.163 e. The quantitative estimate of drug-likeness (QED) is 0.670. The third-order valence-corrected chi connectivity index (χ3v) is 3.57. The molecule has 0 radical (unpaired) electrons. The van der Waals surface area contributed by atoms with Crippen LogP contribution in [0.4, 0.5) is 0 Å². The van der Waals surface area contributed by atoms with Crippen molar-refractivity contribution in [2.75, 3.05) is 6.26 Å². The van der Waals surface area contributed by atoms with Crippen LogP contribution in [0.5, 0.6) is 0 Å². The molecular weight excluding hydrogens is 174 g/mol. The summed E-state index contributed by atoms with van der Waals surface area (Å²) in [4.78, 5) is 0. The SMILES string of the molecule is CC(C)C(C)C(C#N)S(C)(=O)=O. The molecule has 12 heavy (non-hydrogen) atoms. The Balaban J connectivity index is 4.74. The van der Waals surface area contributed by atoms with Gasteiger partial charge in [-0.2, -0.15) is 5.26 Å². The van der Waals surface area contributed by atoms with Gasteiger partial charge < -0.3 is 0 Å². The Morgan fingerprint density at radius 2 is 1.67 bits per heavy atom. The summed E-state index contributed by atoms with van der Waals surface area (Å²) in [6, 6.07) is 1.84. The summed E-state index contributed by atoms with van der Waals surface area (Å²) in [5.74, 6) is 0.106. The molecule has 70 valence electrons. The zero-order valence-electron chi connectivity index (χ0n) is 7.90. The fourth-order valence-corrected chi connectivity index (χ4v) is 2.24. The van der Waals surface area contributed by atoms with Gasteiger partial charge in [0.05, 0.1) is 6.07 Å². The molecule has 2 atom stereocenters. The second kappa shape index (κ2) is 3.90. The molecule has 0 heterocycles. The second-order valence-electron chi connectivity index (χ2n) is 3.48. The molecule has 3 nitrogen and oxygen atoms in total. The third kappa shape index (κ3) is 2.82. The lowest BCUT2D eigenvalue weighted by Gasteiger charge is -2.19. The highest BCUT2D eigenvalue weighted by molar-refractivity contribution is 7.91. The van der Waals surface area contributed by atoms with Crippen molar-refractivity contribution in [3.8, 4) is 6.07 Å². The van der Waals surface area contributed by atoms with Crippen LogP contribution in [-0.4, -0.2) is 19.9 Å². The van der Waals surface area contributed by atoms with Crippen LogP contribution >= 0.6 is 0 Å². The zero-order valence-corrected chi connectivity index (χ0v) is 8.72. The van der Waals surface area contributed by atoms with E-state index in [1.165, 1.54) is 0 Å². The Morgan fingerprint density at radius 1 is 1.25 bits per heavy atom. The number of rotatable bonds is 3. The molecule has 0 aliphatic heterocycles. The standard InChI is InChI=1S/C8H15NO2S/c1-6(2)7(3)8(5-9)12(4,10)11/h6-8H,1-4H3. The molecule has 0 N–H and O–H groups in total. The van der Waals surface area contributed by atoms with Gasteiger partial charge in [-0.1, -0.05) is 20.8 Å². The summed E-state index contributed by atoms with van der Waals surface area (Å²) in [5.41, 5.74) is 0. The largest absolute Gasteiger partial charge is 0.228 e. The Bertz CT molecular complexity index is 274. The zero-order chi connectivity index (χ0) is 9.94. The summed E-state index contributed by atoms with van der Waals surface area (Å²) in [6.07, 6.45) is 1.11. The Labute approximate surface area is 74.3 Å². The molecule has 0 bridgehead atoms. The number of nitrogens with zero attached hydrogens (tertiary/aromatic N) is 1. The molecule has 0 saturated heterocycles. The first kappa shape index (κ1) is 11.4. The molecule has 0 aromatic heterocycles. The monoisotopic (exact) mass is 189 g/mol. The predicted molar refractivity (Wildman–Crippen MR) is 48.2 cm³/mol. The first-order valence-electron chi connectivity index (χ1n) is 3.89. The normalized spacial score (nSPS) is 17.0. The van der Waals surface area contributed by atoms with Crippen molar-refractivity contribution in [1.82, 2.24) is 0 Å². The van der Waals surface area contributed by atoms with Crippen molar-refractivity contribution < 1.29 is 8.42 Å². The number of hydrogen-bond acceptors (Lipinski definition) is 3. The first-order chi connectivity index (χ1) is 5.30. The fraction of sp³-hybridized carbons (Fsp3) is 0.875. The minimum atomic E-state index is -3.22. The average molecular weight is 189 g/mol. The van der Waals surface area contributed by atoms with Crippen molar-refractivity contribution in [3.05, 3.63) is 0 Å². The summed E-state index contributed by atoms with van der Waals surface area (Å²) in [7, 11) is -3.22. The predicted octanol–water partition coefficient (Wildman–Crippen LogP) is 1.22. The van der Waals surface area contributed by atoms with Gasteiger partial charge in [0.15, 0.2) is 15.1 Å². The molecule has 0 fully saturated rings. The molecule has 0 aliphatic carbocycles. The Morgan fingerprint density at radius 3 is 1.75 bits per heavy atom. The van der Waals surface area contributed by atoms with Crippen LogP contribution in [-0.2, 0) is 9.84 Å². The van der Waals surface area contributed by atoms with Gasteiger partial charge in [0.1, 0.15) is 0 Å². The van der Waals surface area contributed by atoms with Crippen molar-refractivity contribution in [2.45, 2.75) is 26.0 Å². The van der Waals surface area contributed by atoms with Crippen LogP contribution in [0.3, 0.4) is 0 Å². The van der Waals surface area contributed by atoms with Crippen LogP contribution < -0.4 is 0 Å². The topological polar surface area (TPSA) is 57.9 Å². The van der Waals surface area contributed by atoms with Gasteiger partial charge >= 0.3 is 0 Å². The van der Waals surface area contributed by atoms with Crippen LogP contribution in [0.2, 0.25) is 0 Å². The van der Waals surface area contributed by atoms with Crippen molar-refractivity contribution in [2.24, 2.45) is 11.8 Å². The minimum Gasteiger partial charge on any atom is -0.228 e. The lowest BCUT2D eigenvalue weighted by atomic mass is 9.95. The first-order valence-corrected chi connectivity index (χ1v) is 5.84. The third-order valence-electron chi connectivity index (χ3n) is 2.12. The molecule has 0 amide bonds. The average Bonchev–Trinajstić information content (AvgIpc) is 1.85. The molecule has 0 aromatic carbocycles. The summed E-state index contributed by atoms with van der Waals surface area (Å²) < 4.78 is 22.2. The van der Waals surface area contributed by atoms with E-state index in [9.17, 15) is 8.42 Å². The summed E-state index contributed by atoms with van der Waals surface area (Å²) in [5, 5.41) is 7.79. The molecule has 2 unspecified atom stereocenters. The molecule has 4 heteroatoms. The van der Waals surface area contributed by atoms with E-state index in [2.05, 4.69) is 0 Å². The maximum atomic E-state index is 11.1. The number of hydrogen-bond donors (Lipinski definition) is 0. The van der Waals surface area contributed by atoms with Crippen LogP contribution in [0.1, 0.15) is 20.8 Å². The van der Waals surface area contributed by atoms with E-state index in [1.807, 2.05) is 19.9 Å². The van der Waals surface area contributed by atoms with Crippen molar-refractivity contribution >= 4 is 9.84 Å². The highest BCUT2D eigenvalue weighted by Crippen LogP contribution is 2.19. The van der Waals surface area contributed by atoms with E-state index >= 15 is 0 Å². The highest BCUT2D eigenvalue weighted by Gasteiger charge is 2.28. The molecule has 0 saturated carbocycles. The summed E-state index contributed by atoms with van der Waals surface area (Å²) in [6.45, 7) is 5.62. The fourth-order valence-electron chi connectivity index (χ4n) is 0.953. The van der Waals surface area contributed by atoms with E-state index < -0.39 is 15.1 Å². The molecule has 0 aliphatic rings. The van der Waals surface area contributed by atoms with Crippen LogP contribution in [0.25, 0.3) is 0 Å². The lowest BCUT2D eigenvalue weighted by molar-refractivity contribution is 0.423. The lowest BCUT2D eigenvalue weighted by Crippen LogP contribution is -2.28. The van der Waals surface area contributed by atoms with Crippen molar-refractivity contribution in [1.29, 1.82) is 5.26 Å². The maximum absolute atomic E-state index is 11.1. The van der Waals surface area contributed by atoms with E-state index in [4.69, 9.17) is 5.26 Å². The van der Waals surface area contributed by atoms with Gasteiger partial charge in [0.25, 0.3) is 0 Å². The van der Waals surface area contributed by atoms with Gasteiger partial charge in [-0.3, -0.25) is 0 Å². The number of nitriles is 1. The van der Waals surface area contributed by atoms with E-state index in [0.29, 0.717) is 0 Å². The van der Waals surface area contributed by atoms with Gasteiger partial charge in [0, 0.05) is 6.26 Å².